The molecule has 6 nitrogen and oxygen atoms in total. The summed E-state index contributed by atoms with van der Waals surface area (Å²) in [4.78, 5) is 15.2. The van der Waals surface area contributed by atoms with Crippen molar-refractivity contribution < 1.29 is 24.5 Å². The van der Waals surface area contributed by atoms with Gasteiger partial charge in [0.05, 0.1) is 27.0 Å². The molecule has 1 unspecified atom stereocenters. The molecule has 1 heterocycles. The number of phenolic OH excluding ortho intramolecular Hbond substituents is 1. The van der Waals surface area contributed by atoms with Crippen LogP contribution in [0, 0.1) is 0 Å². The van der Waals surface area contributed by atoms with Crippen LogP contribution in [0.15, 0.2) is 44.3 Å². The first kappa shape index (κ1) is 18.7. The molecule has 0 bridgehead atoms. The number of phenols is 1. The number of carboxylic acid groups (broad SMARTS) is 1. The second-order valence-electron chi connectivity index (χ2n) is 5.83. The molecule has 0 spiro atoms. The predicted octanol–water partition coefficient (Wildman–Crippen LogP) is 4.50. The molecule has 0 amide bonds. The molecule has 1 aliphatic rings. The van der Waals surface area contributed by atoms with Gasteiger partial charge in [-0.15, -0.1) is 0 Å². The molecule has 1 aliphatic heterocycles. The van der Waals surface area contributed by atoms with Gasteiger partial charge in [-0.3, -0.25) is 4.79 Å². The minimum atomic E-state index is -0.910. The van der Waals surface area contributed by atoms with Crippen molar-refractivity contribution in [2.45, 2.75) is 19.4 Å². The largest absolute Gasteiger partial charge is 0.507 e. The zero-order chi connectivity index (χ0) is 18.8. The highest BCUT2D eigenvalue weighted by molar-refractivity contribution is 9.11. The number of hydrogen-bond donors (Lipinski definition) is 2. The zero-order valence-electron chi connectivity index (χ0n) is 13.7. The second-order valence-corrected chi connectivity index (χ2v) is 7.54. The Kier molecular flexibility index (Phi) is 5.52. The third-order valence-corrected chi connectivity index (χ3v) is 4.81. The lowest BCUT2D eigenvalue weighted by atomic mass is 10.1. The zero-order valence-corrected chi connectivity index (χ0v) is 16.9. The smallest absolute Gasteiger partial charge is 0.307 e. The van der Waals surface area contributed by atoms with E-state index in [9.17, 15) is 9.90 Å². The van der Waals surface area contributed by atoms with Crippen molar-refractivity contribution in [2.75, 3.05) is 6.61 Å². The Bertz CT molecular complexity index is 874. The fourth-order valence-electron chi connectivity index (χ4n) is 2.48. The number of nitrogens with zero attached hydrogens (tertiary/aromatic N) is 1. The molecule has 0 fully saturated rings. The summed E-state index contributed by atoms with van der Waals surface area (Å²) in [6.45, 7) is 2.40. The van der Waals surface area contributed by atoms with Crippen LogP contribution in [0.2, 0.25) is 0 Å². The Morgan fingerprint density at radius 1 is 1.31 bits per heavy atom. The summed E-state index contributed by atoms with van der Waals surface area (Å²) in [5.41, 5.74) is 1.10. The normalized spacial score (nSPS) is 16.1. The van der Waals surface area contributed by atoms with Crippen molar-refractivity contribution >= 4 is 43.7 Å². The van der Waals surface area contributed by atoms with Crippen molar-refractivity contribution in [1.29, 1.82) is 0 Å². The predicted molar refractivity (Wildman–Crippen MR) is 103 cm³/mol. The molecule has 0 aliphatic carbocycles. The lowest BCUT2D eigenvalue weighted by molar-refractivity contribution is -0.136. The van der Waals surface area contributed by atoms with E-state index in [4.69, 9.17) is 14.6 Å². The Morgan fingerprint density at radius 2 is 2.00 bits per heavy atom. The summed E-state index contributed by atoms with van der Waals surface area (Å²) in [5, 5.41) is 19.0. The molecule has 0 radical (unpaired) electrons. The van der Waals surface area contributed by atoms with Crippen molar-refractivity contribution in [3.05, 3.63) is 50.4 Å². The molecule has 1 atom stereocenters. The van der Waals surface area contributed by atoms with E-state index in [0.717, 1.165) is 0 Å². The molecule has 3 rings (SSSR count). The van der Waals surface area contributed by atoms with Gasteiger partial charge in [0.2, 0.25) is 5.90 Å². The van der Waals surface area contributed by atoms with E-state index >= 15 is 0 Å². The molecule has 2 N–H and O–H groups in total. The van der Waals surface area contributed by atoms with E-state index in [1.165, 1.54) is 6.07 Å². The van der Waals surface area contributed by atoms with E-state index in [0.29, 0.717) is 44.1 Å². The Hall–Kier alpha value is -2.06. The first-order valence-corrected chi connectivity index (χ1v) is 9.33. The molecule has 8 heteroatoms. The summed E-state index contributed by atoms with van der Waals surface area (Å²) < 4.78 is 12.6. The number of rotatable bonds is 5. The molecule has 0 saturated heterocycles. The van der Waals surface area contributed by atoms with Crippen molar-refractivity contribution in [1.82, 2.24) is 0 Å². The highest BCUT2D eigenvalue weighted by Crippen LogP contribution is 2.39. The maximum atomic E-state index is 10.9. The van der Waals surface area contributed by atoms with Gasteiger partial charge in [-0.1, -0.05) is 0 Å². The van der Waals surface area contributed by atoms with E-state index in [1.54, 1.807) is 24.3 Å². The van der Waals surface area contributed by atoms with Crippen LogP contribution in [0.1, 0.15) is 18.1 Å². The quantitative estimate of drug-likeness (QED) is 0.652. The summed E-state index contributed by atoms with van der Waals surface area (Å²) in [5.74, 6) is 0.511. The minimum Gasteiger partial charge on any atom is -0.507 e. The Balaban J connectivity index is 1.90. The summed E-state index contributed by atoms with van der Waals surface area (Å²) >= 11 is 6.81. The van der Waals surface area contributed by atoms with Crippen molar-refractivity contribution in [3.63, 3.8) is 0 Å². The van der Waals surface area contributed by atoms with E-state index in [2.05, 4.69) is 36.9 Å². The number of carbonyl (C=O) groups is 1. The number of aliphatic imine (C=N–C) groups is 1. The van der Waals surface area contributed by atoms with Gasteiger partial charge in [0.15, 0.2) is 5.75 Å². The molecular weight excluding hydrogens is 470 g/mol. The van der Waals surface area contributed by atoms with Gasteiger partial charge in [0, 0.05) is 0 Å². The van der Waals surface area contributed by atoms with Gasteiger partial charge in [0.1, 0.15) is 18.1 Å². The minimum absolute atomic E-state index is 0.0408. The van der Waals surface area contributed by atoms with Gasteiger partial charge in [0.25, 0.3) is 0 Å². The molecule has 2 aromatic rings. The lowest BCUT2D eigenvalue weighted by Crippen LogP contribution is -2.03. The SMILES string of the molecule is CC1COC(c2cc(Oc3c(Br)cc(CC(=O)O)cc3Br)ccc2O)=N1. The maximum absolute atomic E-state index is 10.9. The highest BCUT2D eigenvalue weighted by atomic mass is 79.9. The third kappa shape index (κ3) is 4.19. The summed E-state index contributed by atoms with van der Waals surface area (Å²) in [7, 11) is 0. The van der Waals surface area contributed by atoms with Crippen LogP contribution in [0.3, 0.4) is 0 Å². The average Bonchev–Trinajstić information content (AvgIpc) is 2.98. The number of benzene rings is 2. The Labute approximate surface area is 166 Å². The van der Waals surface area contributed by atoms with Crippen molar-refractivity contribution in [3.8, 4) is 17.2 Å². The van der Waals surface area contributed by atoms with E-state index in [1.807, 2.05) is 6.92 Å². The maximum Gasteiger partial charge on any atom is 0.307 e. The summed E-state index contributed by atoms with van der Waals surface area (Å²) in [6.07, 6.45) is -0.0871. The van der Waals surface area contributed by atoms with Crippen molar-refractivity contribution in [2.24, 2.45) is 4.99 Å². The van der Waals surface area contributed by atoms with Crippen LogP contribution in [-0.4, -0.2) is 34.7 Å². The van der Waals surface area contributed by atoms with Crippen LogP contribution in [0.25, 0.3) is 0 Å². The molecule has 136 valence electrons. The van der Waals surface area contributed by atoms with Gasteiger partial charge in [-0.2, -0.15) is 0 Å². The number of aromatic hydroxyl groups is 1. The molecule has 0 saturated carbocycles. The molecule has 0 aromatic heterocycles. The standard InChI is InChI=1S/C18H15Br2NO5/c1-9-8-25-18(21-9)12-7-11(2-3-15(12)22)26-17-13(19)4-10(5-14(17)20)6-16(23)24/h2-5,7,9,22H,6,8H2,1H3,(H,23,24). The van der Waals surface area contributed by atoms with Crippen LogP contribution in [-0.2, 0) is 16.0 Å². The number of carboxylic acids is 1. The number of aliphatic carboxylic acids is 1. The number of ether oxygens (including phenoxy) is 2. The monoisotopic (exact) mass is 483 g/mol. The lowest BCUT2D eigenvalue weighted by Gasteiger charge is -2.13. The number of hydrogen-bond acceptors (Lipinski definition) is 5. The molecule has 2 aromatic carbocycles. The molecule has 26 heavy (non-hydrogen) atoms. The Morgan fingerprint density at radius 3 is 2.58 bits per heavy atom. The fraction of sp³-hybridized carbons (Fsp3) is 0.222. The average molecular weight is 485 g/mol. The second kappa shape index (κ2) is 7.67. The van der Waals surface area contributed by atoms with E-state index in [-0.39, 0.29) is 18.2 Å². The van der Waals surface area contributed by atoms with E-state index < -0.39 is 5.97 Å². The van der Waals surface area contributed by atoms with Crippen LogP contribution < -0.4 is 4.74 Å². The number of halogens is 2. The van der Waals surface area contributed by atoms with Crippen LogP contribution in [0.5, 0.6) is 17.2 Å². The van der Waals surface area contributed by atoms with Gasteiger partial charge in [-0.05, 0) is 74.7 Å². The van der Waals surface area contributed by atoms with Crippen LogP contribution >= 0.6 is 31.9 Å². The van der Waals surface area contributed by atoms with Crippen LogP contribution in [0.4, 0.5) is 0 Å². The van der Waals surface area contributed by atoms with Gasteiger partial charge < -0.3 is 19.7 Å². The third-order valence-electron chi connectivity index (χ3n) is 3.63. The topological polar surface area (TPSA) is 88.4 Å². The summed E-state index contributed by atoms with van der Waals surface area (Å²) in [6, 6.07) is 8.22. The van der Waals surface area contributed by atoms with Gasteiger partial charge >= 0.3 is 5.97 Å². The fourth-order valence-corrected chi connectivity index (χ4v) is 3.92. The first-order chi connectivity index (χ1) is 12.3. The van der Waals surface area contributed by atoms with Gasteiger partial charge in [-0.25, -0.2) is 4.99 Å². The highest BCUT2D eigenvalue weighted by Gasteiger charge is 2.20. The first-order valence-electron chi connectivity index (χ1n) is 7.75. The molecular formula is C18H15Br2NO5.